The van der Waals surface area contributed by atoms with Crippen molar-refractivity contribution in [2.45, 2.75) is 25.3 Å². The fourth-order valence-corrected chi connectivity index (χ4v) is 1.65. The van der Waals surface area contributed by atoms with Crippen molar-refractivity contribution < 1.29 is 29.0 Å². The van der Waals surface area contributed by atoms with Gasteiger partial charge in [-0.2, -0.15) is 0 Å². The molecular weight excluding hydrogens is 242 g/mol. The van der Waals surface area contributed by atoms with Crippen LogP contribution in [0.25, 0.3) is 0 Å². The summed E-state index contributed by atoms with van der Waals surface area (Å²) in [6.45, 7) is 0.827. The minimum Gasteiger partial charge on any atom is -0.480 e. The van der Waals surface area contributed by atoms with Crippen LogP contribution < -0.4 is 5.32 Å². The molecule has 0 radical (unpaired) electrons. The predicted molar refractivity (Wildman–Crippen MR) is 59.7 cm³/mol. The van der Waals surface area contributed by atoms with E-state index in [2.05, 4.69) is 10.1 Å². The summed E-state index contributed by atoms with van der Waals surface area (Å²) in [6, 6.07) is -1.07. The highest BCUT2D eigenvalue weighted by Crippen LogP contribution is 2.13. The van der Waals surface area contributed by atoms with Gasteiger partial charge in [0.05, 0.1) is 19.6 Å². The van der Waals surface area contributed by atoms with Crippen LogP contribution in [0.1, 0.15) is 19.3 Å². The van der Waals surface area contributed by atoms with E-state index >= 15 is 0 Å². The smallest absolute Gasteiger partial charge is 0.326 e. The lowest BCUT2D eigenvalue weighted by atomic mass is 10.1. The zero-order valence-electron chi connectivity index (χ0n) is 10.2. The van der Waals surface area contributed by atoms with Crippen molar-refractivity contribution in [1.82, 2.24) is 5.32 Å². The fourth-order valence-electron chi connectivity index (χ4n) is 1.65. The van der Waals surface area contributed by atoms with E-state index in [1.807, 2.05) is 0 Å². The summed E-state index contributed by atoms with van der Waals surface area (Å²) in [5.74, 6) is -2.30. The Hall–Kier alpha value is -1.63. The number of methoxy groups -OCH3 is 1. The van der Waals surface area contributed by atoms with Crippen molar-refractivity contribution in [2.24, 2.45) is 5.92 Å². The van der Waals surface area contributed by atoms with Gasteiger partial charge in [-0.05, 0) is 12.8 Å². The van der Waals surface area contributed by atoms with Crippen LogP contribution in [0.5, 0.6) is 0 Å². The second-order valence-electron chi connectivity index (χ2n) is 4.07. The lowest BCUT2D eigenvalue weighted by Crippen LogP contribution is -2.44. The average molecular weight is 259 g/mol. The molecule has 1 saturated heterocycles. The van der Waals surface area contributed by atoms with E-state index in [0.717, 1.165) is 0 Å². The number of aliphatic carboxylic acids is 1. The molecular formula is C11H17NO6. The van der Waals surface area contributed by atoms with Crippen LogP contribution in [0, 0.1) is 5.92 Å². The third-order valence-corrected chi connectivity index (χ3v) is 2.78. The van der Waals surface area contributed by atoms with E-state index in [0.29, 0.717) is 19.6 Å². The van der Waals surface area contributed by atoms with Gasteiger partial charge in [-0.15, -0.1) is 0 Å². The van der Waals surface area contributed by atoms with Crippen LogP contribution in [0.4, 0.5) is 0 Å². The summed E-state index contributed by atoms with van der Waals surface area (Å²) in [5.41, 5.74) is 0. The molecule has 7 nitrogen and oxygen atoms in total. The lowest BCUT2D eigenvalue weighted by Gasteiger charge is -2.16. The maximum absolute atomic E-state index is 11.7. The zero-order valence-corrected chi connectivity index (χ0v) is 10.2. The SMILES string of the molecule is COC(=O)CC[C@@H](NC(=O)[C@H]1CCOC1)C(=O)O. The highest BCUT2D eigenvalue weighted by atomic mass is 16.5. The topological polar surface area (TPSA) is 102 Å². The van der Waals surface area contributed by atoms with E-state index in [1.54, 1.807) is 0 Å². The highest BCUT2D eigenvalue weighted by molar-refractivity contribution is 5.85. The number of carbonyl (C=O) groups excluding carboxylic acids is 2. The molecule has 18 heavy (non-hydrogen) atoms. The monoisotopic (exact) mass is 259 g/mol. The van der Waals surface area contributed by atoms with Gasteiger partial charge in [-0.3, -0.25) is 9.59 Å². The van der Waals surface area contributed by atoms with Gasteiger partial charge in [0.1, 0.15) is 6.04 Å². The standard InChI is InChI=1S/C11H17NO6/c1-17-9(13)3-2-8(11(15)16)12-10(14)7-4-5-18-6-7/h7-8H,2-6H2,1H3,(H,12,14)(H,15,16)/t7-,8+/m0/s1. The second-order valence-corrected chi connectivity index (χ2v) is 4.07. The molecule has 0 aromatic carbocycles. The minimum atomic E-state index is -1.16. The molecule has 0 aliphatic carbocycles. The molecule has 1 aliphatic rings. The average Bonchev–Trinajstić information content (AvgIpc) is 2.87. The number of amides is 1. The number of esters is 1. The number of nitrogens with one attached hydrogen (secondary N) is 1. The Labute approximate surface area is 104 Å². The summed E-state index contributed by atoms with van der Waals surface area (Å²) < 4.78 is 9.47. The number of carboxylic acid groups (broad SMARTS) is 1. The largest absolute Gasteiger partial charge is 0.480 e. The third-order valence-electron chi connectivity index (χ3n) is 2.78. The Morgan fingerprint density at radius 3 is 2.72 bits per heavy atom. The van der Waals surface area contributed by atoms with Crippen molar-refractivity contribution in [2.75, 3.05) is 20.3 Å². The third kappa shape index (κ3) is 4.33. The molecule has 1 fully saturated rings. The van der Waals surface area contributed by atoms with E-state index in [-0.39, 0.29) is 24.7 Å². The van der Waals surface area contributed by atoms with E-state index in [1.165, 1.54) is 7.11 Å². The first-order chi connectivity index (χ1) is 8.54. The van der Waals surface area contributed by atoms with Gasteiger partial charge >= 0.3 is 11.9 Å². The van der Waals surface area contributed by atoms with Crippen molar-refractivity contribution in [3.05, 3.63) is 0 Å². The molecule has 0 aromatic rings. The maximum atomic E-state index is 11.7. The van der Waals surface area contributed by atoms with Gasteiger partial charge in [-0.1, -0.05) is 0 Å². The Morgan fingerprint density at radius 1 is 1.50 bits per heavy atom. The molecule has 1 heterocycles. The van der Waals surface area contributed by atoms with Crippen LogP contribution in [-0.2, 0) is 23.9 Å². The first kappa shape index (κ1) is 14.4. The number of hydrogen-bond acceptors (Lipinski definition) is 5. The van der Waals surface area contributed by atoms with Gasteiger partial charge < -0.3 is 19.9 Å². The predicted octanol–water partition coefficient (Wildman–Crippen LogP) is -0.454. The van der Waals surface area contributed by atoms with Gasteiger partial charge in [-0.25, -0.2) is 4.79 Å². The van der Waals surface area contributed by atoms with Crippen molar-refractivity contribution in [1.29, 1.82) is 0 Å². The summed E-state index contributed by atoms with van der Waals surface area (Å²) >= 11 is 0. The zero-order chi connectivity index (χ0) is 13.5. The molecule has 102 valence electrons. The van der Waals surface area contributed by atoms with Crippen molar-refractivity contribution >= 4 is 17.8 Å². The minimum absolute atomic E-state index is 0.0152. The molecule has 0 saturated carbocycles. The molecule has 2 N–H and O–H groups in total. The van der Waals surface area contributed by atoms with E-state index in [4.69, 9.17) is 9.84 Å². The molecule has 0 bridgehead atoms. The molecule has 1 amide bonds. The maximum Gasteiger partial charge on any atom is 0.326 e. The molecule has 0 spiro atoms. The van der Waals surface area contributed by atoms with Crippen LogP contribution in [-0.4, -0.2) is 49.3 Å². The molecule has 2 atom stereocenters. The van der Waals surface area contributed by atoms with Crippen molar-refractivity contribution in [3.8, 4) is 0 Å². The van der Waals surface area contributed by atoms with E-state index < -0.39 is 18.0 Å². The molecule has 0 aromatic heterocycles. The normalized spacial score (nSPS) is 20.2. The van der Waals surface area contributed by atoms with Crippen LogP contribution >= 0.6 is 0 Å². The molecule has 1 aliphatic heterocycles. The fraction of sp³-hybridized carbons (Fsp3) is 0.727. The van der Waals surface area contributed by atoms with Gasteiger partial charge in [0, 0.05) is 13.0 Å². The Kier molecular flexibility index (Phi) is 5.57. The Balaban J connectivity index is 2.44. The van der Waals surface area contributed by atoms with Crippen LogP contribution in [0.15, 0.2) is 0 Å². The number of carboxylic acids is 1. The van der Waals surface area contributed by atoms with Gasteiger partial charge in [0.2, 0.25) is 5.91 Å². The van der Waals surface area contributed by atoms with Crippen LogP contribution in [0.3, 0.4) is 0 Å². The molecule has 7 heteroatoms. The Morgan fingerprint density at radius 2 is 2.22 bits per heavy atom. The number of hydrogen-bond donors (Lipinski definition) is 2. The number of carbonyl (C=O) groups is 3. The summed E-state index contributed by atoms with van der Waals surface area (Å²) in [4.78, 5) is 33.6. The first-order valence-electron chi connectivity index (χ1n) is 5.72. The van der Waals surface area contributed by atoms with Gasteiger partial charge in [0.25, 0.3) is 0 Å². The first-order valence-corrected chi connectivity index (χ1v) is 5.72. The van der Waals surface area contributed by atoms with E-state index in [9.17, 15) is 14.4 Å². The molecule has 1 rings (SSSR count). The number of rotatable bonds is 6. The quantitative estimate of drug-likeness (QED) is 0.626. The number of ether oxygens (including phenoxy) is 2. The highest BCUT2D eigenvalue weighted by Gasteiger charge is 2.28. The second kappa shape index (κ2) is 6.95. The lowest BCUT2D eigenvalue weighted by molar-refractivity contribution is -0.144. The van der Waals surface area contributed by atoms with Gasteiger partial charge in [0.15, 0.2) is 0 Å². The summed E-state index contributed by atoms with van der Waals surface area (Å²) in [5, 5.41) is 11.4. The van der Waals surface area contributed by atoms with Crippen LogP contribution in [0.2, 0.25) is 0 Å². The summed E-state index contributed by atoms with van der Waals surface area (Å²) in [6.07, 6.45) is 0.561. The summed E-state index contributed by atoms with van der Waals surface area (Å²) in [7, 11) is 1.23. The Bertz CT molecular complexity index is 323. The van der Waals surface area contributed by atoms with Crippen molar-refractivity contribution in [3.63, 3.8) is 0 Å². The molecule has 0 unspecified atom stereocenters.